The molecule has 6 nitrogen and oxygen atoms in total. The maximum Gasteiger partial charge on any atom is 0.303 e. The van der Waals surface area contributed by atoms with Gasteiger partial charge in [-0.2, -0.15) is 0 Å². The molecule has 10 atom stereocenters. The summed E-state index contributed by atoms with van der Waals surface area (Å²) >= 11 is 0. The van der Waals surface area contributed by atoms with Crippen molar-refractivity contribution >= 4 is 11.9 Å². The Morgan fingerprint density at radius 3 is 2.60 bits per heavy atom. The number of rotatable bonds is 4. The average Bonchev–Trinajstić information content (AvgIpc) is 2.92. The number of aliphatic hydroxyl groups is 2. The lowest BCUT2D eigenvalue weighted by molar-refractivity contribution is -0.143. The Kier molecular flexibility index (Phi) is 5.72. The SMILES string of the molecule is C[C@H](CCC(=O)O)C1CC[C@H]2[C@H]3C(CC(=O)N[C@]12C)[C@@]1(C)CC[C@@H](O)C[C@H]1C[C@H]3O. The zero-order valence-electron chi connectivity index (χ0n) is 18.6. The first-order chi connectivity index (χ1) is 14.1. The van der Waals surface area contributed by atoms with Crippen molar-refractivity contribution in [3.63, 3.8) is 0 Å². The van der Waals surface area contributed by atoms with E-state index in [0.717, 1.165) is 32.1 Å². The molecule has 170 valence electrons. The highest BCUT2D eigenvalue weighted by atomic mass is 16.4. The van der Waals surface area contributed by atoms with Crippen molar-refractivity contribution in [2.45, 2.75) is 96.3 Å². The van der Waals surface area contributed by atoms with E-state index in [-0.39, 0.29) is 59.4 Å². The Hall–Kier alpha value is -1.14. The minimum atomic E-state index is -0.771. The molecule has 3 aliphatic carbocycles. The highest BCUT2D eigenvalue weighted by molar-refractivity contribution is 5.78. The molecule has 0 bridgehead atoms. The van der Waals surface area contributed by atoms with Crippen LogP contribution in [0.15, 0.2) is 0 Å². The van der Waals surface area contributed by atoms with Gasteiger partial charge < -0.3 is 20.6 Å². The van der Waals surface area contributed by atoms with Crippen LogP contribution in [0.4, 0.5) is 0 Å². The van der Waals surface area contributed by atoms with Gasteiger partial charge in [0.05, 0.1) is 12.2 Å². The standard InChI is InChI=1S/C24H39NO5/c1-13(4-7-21(29)30)16-5-6-17-22-18(12-20(28)25-24(16,17)3)23(2)9-8-15(26)10-14(23)11-19(22)27/h13-19,22,26-27H,4-12H2,1-3H3,(H,25,28)(H,29,30)/t13-,14+,15-,16?,17+,18?,19-,22+,23+,24-/m1/s1. The number of amides is 1. The van der Waals surface area contributed by atoms with Crippen LogP contribution < -0.4 is 5.32 Å². The van der Waals surface area contributed by atoms with E-state index in [1.54, 1.807) is 0 Å². The van der Waals surface area contributed by atoms with Gasteiger partial charge in [-0.05, 0) is 92.8 Å². The molecule has 0 aromatic heterocycles. The Morgan fingerprint density at radius 1 is 1.17 bits per heavy atom. The normalized spacial score (nSPS) is 49.2. The minimum absolute atomic E-state index is 0.0152. The van der Waals surface area contributed by atoms with E-state index in [1.165, 1.54) is 0 Å². The monoisotopic (exact) mass is 421 g/mol. The van der Waals surface area contributed by atoms with Gasteiger partial charge in [-0.15, -0.1) is 0 Å². The van der Waals surface area contributed by atoms with Crippen molar-refractivity contribution in [1.82, 2.24) is 5.32 Å². The van der Waals surface area contributed by atoms with Crippen LogP contribution in [0, 0.1) is 40.9 Å². The summed E-state index contributed by atoms with van der Waals surface area (Å²) in [4.78, 5) is 24.3. The average molecular weight is 422 g/mol. The number of hydrogen-bond donors (Lipinski definition) is 4. The quantitative estimate of drug-likeness (QED) is 0.558. The molecule has 2 unspecified atom stereocenters. The fourth-order valence-electron chi connectivity index (χ4n) is 8.32. The molecule has 30 heavy (non-hydrogen) atoms. The Bertz CT molecular complexity index is 697. The third-order valence-electron chi connectivity index (χ3n) is 9.90. The molecule has 0 spiro atoms. The van der Waals surface area contributed by atoms with Crippen molar-refractivity contribution in [3.8, 4) is 0 Å². The second kappa shape index (κ2) is 7.77. The second-order valence-electron chi connectivity index (χ2n) is 11.4. The minimum Gasteiger partial charge on any atom is -0.481 e. The largest absolute Gasteiger partial charge is 0.481 e. The number of aliphatic hydroxyl groups excluding tert-OH is 2. The predicted octanol–water partition coefficient (Wildman–Crippen LogP) is 2.96. The van der Waals surface area contributed by atoms with Gasteiger partial charge in [-0.1, -0.05) is 13.8 Å². The van der Waals surface area contributed by atoms with E-state index >= 15 is 0 Å². The van der Waals surface area contributed by atoms with Crippen LogP contribution in [0.25, 0.3) is 0 Å². The highest BCUT2D eigenvalue weighted by Crippen LogP contribution is 2.62. The molecule has 1 amide bonds. The first-order valence-corrected chi connectivity index (χ1v) is 11.9. The molecule has 4 aliphatic rings. The second-order valence-corrected chi connectivity index (χ2v) is 11.4. The van der Waals surface area contributed by atoms with E-state index in [0.29, 0.717) is 19.3 Å². The smallest absolute Gasteiger partial charge is 0.303 e. The van der Waals surface area contributed by atoms with Crippen LogP contribution in [-0.4, -0.2) is 44.9 Å². The molecule has 4 fully saturated rings. The number of carboxylic acids is 1. The zero-order chi connectivity index (χ0) is 21.8. The van der Waals surface area contributed by atoms with Crippen LogP contribution in [0.2, 0.25) is 0 Å². The fraction of sp³-hybridized carbons (Fsp3) is 0.917. The Balaban J connectivity index is 1.65. The maximum absolute atomic E-state index is 13.2. The zero-order valence-corrected chi connectivity index (χ0v) is 18.6. The third-order valence-corrected chi connectivity index (χ3v) is 9.90. The van der Waals surface area contributed by atoms with E-state index < -0.39 is 17.6 Å². The molecular weight excluding hydrogens is 382 g/mol. The molecule has 4 rings (SSSR count). The van der Waals surface area contributed by atoms with Gasteiger partial charge in [0.25, 0.3) is 0 Å². The van der Waals surface area contributed by atoms with Gasteiger partial charge in [0.2, 0.25) is 5.91 Å². The van der Waals surface area contributed by atoms with E-state index in [4.69, 9.17) is 5.11 Å². The van der Waals surface area contributed by atoms with Crippen molar-refractivity contribution < 1.29 is 24.9 Å². The van der Waals surface area contributed by atoms with Crippen molar-refractivity contribution in [3.05, 3.63) is 0 Å². The van der Waals surface area contributed by atoms with Crippen LogP contribution in [0.5, 0.6) is 0 Å². The number of aliphatic carboxylic acids is 1. The van der Waals surface area contributed by atoms with Crippen molar-refractivity contribution in [1.29, 1.82) is 0 Å². The van der Waals surface area contributed by atoms with Crippen LogP contribution in [-0.2, 0) is 9.59 Å². The summed E-state index contributed by atoms with van der Waals surface area (Å²) in [5, 5.41) is 34.0. The molecule has 4 N–H and O–H groups in total. The molecule has 6 heteroatoms. The third kappa shape index (κ3) is 3.48. The lowest BCUT2D eigenvalue weighted by atomic mass is 9.48. The van der Waals surface area contributed by atoms with Gasteiger partial charge in [0, 0.05) is 18.4 Å². The first-order valence-electron chi connectivity index (χ1n) is 11.9. The first kappa shape index (κ1) is 22.1. The summed E-state index contributed by atoms with van der Waals surface area (Å²) in [7, 11) is 0. The van der Waals surface area contributed by atoms with Gasteiger partial charge in [0.1, 0.15) is 0 Å². The number of carboxylic acid groups (broad SMARTS) is 1. The number of fused-ring (bicyclic) bond motifs is 5. The summed E-state index contributed by atoms with van der Waals surface area (Å²) in [5.41, 5.74) is -0.411. The predicted molar refractivity (Wildman–Crippen MR) is 112 cm³/mol. The van der Waals surface area contributed by atoms with Gasteiger partial charge in [-0.25, -0.2) is 0 Å². The van der Waals surface area contributed by atoms with Crippen LogP contribution in [0.3, 0.4) is 0 Å². The Morgan fingerprint density at radius 2 is 1.90 bits per heavy atom. The van der Waals surface area contributed by atoms with Crippen molar-refractivity contribution in [2.75, 3.05) is 0 Å². The van der Waals surface area contributed by atoms with Gasteiger partial charge in [0.15, 0.2) is 0 Å². The van der Waals surface area contributed by atoms with Gasteiger partial charge >= 0.3 is 5.97 Å². The molecule has 0 aromatic carbocycles. The molecule has 0 aromatic rings. The van der Waals surface area contributed by atoms with Crippen molar-refractivity contribution in [2.24, 2.45) is 40.9 Å². The van der Waals surface area contributed by atoms with Gasteiger partial charge in [-0.3, -0.25) is 9.59 Å². The molecule has 1 aliphatic heterocycles. The molecule has 0 radical (unpaired) electrons. The maximum atomic E-state index is 13.2. The topological polar surface area (TPSA) is 107 Å². The van der Waals surface area contributed by atoms with Crippen LogP contribution in [0.1, 0.15) is 78.6 Å². The highest BCUT2D eigenvalue weighted by Gasteiger charge is 2.62. The number of carbonyl (C=O) groups excluding carboxylic acids is 1. The number of nitrogens with one attached hydrogen (secondary N) is 1. The summed E-state index contributed by atoms with van der Waals surface area (Å²) in [5.74, 6) is 0.450. The molecular formula is C24H39NO5. The lowest BCUT2D eigenvalue weighted by Crippen LogP contribution is -2.58. The van der Waals surface area contributed by atoms with E-state index in [9.17, 15) is 19.8 Å². The summed E-state index contributed by atoms with van der Waals surface area (Å²) in [6.07, 6.45) is 5.59. The summed E-state index contributed by atoms with van der Waals surface area (Å²) in [6.45, 7) is 6.57. The number of carbonyl (C=O) groups is 2. The van der Waals surface area contributed by atoms with Crippen LogP contribution >= 0.6 is 0 Å². The molecule has 3 saturated carbocycles. The lowest BCUT2D eigenvalue weighted by Gasteiger charge is -2.57. The van der Waals surface area contributed by atoms with E-state index in [2.05, 4.69) is 26.1 Å². The number of hydrogen-bond acceptors (Lipinski definition) is 4. The molecule has 1 saturated heterocycles. The van der Waals surface area contributed by atoms with E-state index in [1.807, 2.05) is 0 Å². The summed E-state index contributed by atoms with van der Waals surface area (Å²) < 4.78 is 0. The summed E-state index contributed by atoms with van der Waals surface area (Å²) in [6, 6.07) is 0. The molecule has 1 heterocycles. The Labute approximate surface area is 179 Å². The fourth-order valence-corrected chi connectivity index (χ4v) is 8.32.